The van der Waals surface area contributed by atoms with Crippen molar-refractivity contribution in [2.24, 2.45) is 0 Å². The molecule has 0 bridgehead atoms. The Bertz CT molecular complexity index is 294. The zero-order valence-electron chi connectivity index (χ0n) is 11.6. The quantitative estimate of drug-likeness (QED) is 0.743. The number of hydrogen-bond acceptors (Lipinski definition) is 4. The summed E-state index contributed by atoms with van der Waals surface area (Å²) in [6.45, 7) is 5.33. The highest BCUT2D eigenvalue weighted by atomic mass is 16.5. The first-order valence-corrected chi connectivity index (χ1v) is 6.70. The fourth-order valence-electron chi connectivity index (χ4n) is 2.50. The molecule has 1 saturated heterocycles. The molecule has 0 aromatic carbocycles. The van der Waals surface area contributed by atoms with E-state index in [0.29, 0.717) is 13.0 Å². The highest BCUT2D eigenvalue weighted by molar-refractivity contribution is 5.81. The van der Waals surface area contributed by atoms with Crippen molar-refractivity contribution in [2.45, 2.75) is 51.6 Å². The molecule has 2 unspecified atom stereocenters. The third-order valence-electron chi connectivity index (χ3n) is 3.53. The zero-order valence-corrected chi connectivity index (χ0v) is 11.6. The number of likely N-dealkylation sites (tertiary alicyclic amines) is 1. The van der Waals surface area contributed by atoms with Crippen molar-refractivity contribution in [1.82, 2.24) is 10.2 Å². The average Bonchev–Trinajstić information content (AvgIpc) is 2.38. The number of rotatable bonds is 5. The Balaban J connectivity index is 2.63. The van der Waals surface area contributed by atoms with E-state index in [4.69, 9.17) is 4.74 Å². The van der Waals surface area contributed by atoms with E-state index in [9.17, 15) is 9.59 Å². The van der Waals surface area contributed by atoms with Crippen LogP contribution in [0.3, 0.4) is 0 Å². The predicted molar refractivity (Wildman–Crippen MR) is 69.1 cm³/mol. The summed E-state index contributed by atoms with van der Waals surface area (Å²) in [6, 6.07) is -0.0521. The third-order valence-corrected chi connectivity index (χ3v) is 3.53. The van der Waals surface area contributed by atoms with Gasteiger partial charge in [-0.05, 0) is 33.2 Å². The summed E-state index contributed by atoms with van der Waals surface area (Å²) in [6.07, 6.45) is 3.53. The number of likely N-dealkylation sites (N-methyl/N-ethyl adjacent to an activating group) is 1. The lowest BCUT2D eigenvalue weighted by molar-refractivity contribution is -0.143. The van der Waals surface area contributed by atoms with Crippen molar-refractivity contribution in [2.75, 3.05) is 20.2 Å². The second kappa shape index (κ2) is 7.36. The van der Waals surface area contributed by atoms with E-state index in [0.717, 1.165) is 25.8 Å². The van der Waals surface area contributed by atoms with Gasteiger partial charge in [-0.1, -0.05) is 6.42 Å². The molecular weight excluding hydrogens is 232 g/mol. The van der Waals surface area contributed by atoms with Gasteiger partial charge >= 0.3 is 5.97 Å². The van der Waals surface area contributed by atoms with E-state index in [-0.39, 0.29) is 24.0 Å². The van der Waals surface area contributed by atoms with E-state index in [1.54, 1.807) is 0 Å². The van der Waals surface area contributed by atoms with Crippen LogP contribution in [0.5, 0.6) is 0 Å². The number of carbonyl (C=O) groups is 2. The normalized spacial score (nSPS) is 22.3. The van der Waals surface area contributed by atoms with Gasteiger partial charge in [-0.3, -0.25) is 14.5 Å². The Hall–Kier alpha value is -1.10. The minimum absolute atomic E-state index is 0.0364. The van der Waals surface area contributed by atoms with Crippen molar-refractivity contribution >= 4 is 11.9 Å². The van der Waals surface area contributed by atoms with Crippen LogP contribution in [0, 0.1) is 0 Å². The Morgan fingerprint density at radius 2 is 2.17 bits per heavy atom. The Morgan fingerprint density at radius 3 is 2.78 bits per heavy atom. The van der Waals surface area contributed by atoms with Gasteiger partial charge in [0.25, 0.3) is 0 Å². The molecule has 1 heterocycles. The summed E-state index contributed by atoms with van der Waals surface area (Å²) in [4.78, 5) is 25.4. The molecule has 0 aliphatic carbocycles. The van der Waals surface area contributed by atoms with Gasteiger partial charge in [0, 0.05) is 12.6 Å². The second-order valence-corrected chi connectivity index (χ2v) is 4.74. The number of ether oxygens (including phenoxy) is 1. The van der Waals surface area contributed by atoms with Crippen molar-refractivity contribution in [1.29, 1.82) is 0 Å². The zero-order chi connectivity index (χ0) is 13.5. The highest BCUT2D eigenvalue weighted by Gasteiger charge is 2.31. The van der Waals surface area contributed by atoms with Crippen LogP contribution in [0.15, 0.2) is 0 Å². The molecule has 104 valence electrons. The van der Waals surface area contributed by atoms with Crippen LogP contribution in [0.2, 0.25) is 0 Å². The fourth-order valence-corrected chi connectivity index (χ4v) is 2.50. The lowest BCUT2D eigenvalue weighted by atomic mass is 9.97. The first kappa shape index (κ1) is 15.0. The van der Waals surface area contributed by atoms with Crippen LogP contribution >= 0.6 is 0 Å². The summed E-state index contributed by atoms with van der Waals surface area (Å²) in [5.74, 6) is -0.163. The second-order valence-electron chi connectivity index (χ2n) is 4.74. The maximum atomic E-state index is 11.9. The van der Waals surface area contributed by atoms with Crippen LogP contribution in [-0.4, -0.2) is 49.1 Å². The van der Waals surface area contributed by atoms with Crippen LogP contribution in [0.1, 0.15) is 39.5 Å². The fraction of sp³-hybridized carbons (Fsp3) is 0.846. The molecule has 5 nitrogen and oxygen atoms in total. The number of amides is 1. The molecule has 1 amide bonds. The highest BCUT2D eigenvalue weighted by Crippen LogP contribution is 2.22. The molecular formula is C13H24N2O3. The Labute approximate surface area is 109 Å². The SMILES string of the molecule is CCNC(=O)C(C)N1CCCCC1CC(=O)OC. The van der Waals surface area contributed by atoms with Gasteiger partial charge in [0.2, 0.25) is 5.91 Å². The minimum atomic E-state index is -0.199. The van der Waals surface area contributed by atoms with E-state index >= 15 is 0 Å². The summed E-state index contributed by atoms with van der Waals surface area (Å²) in [5.41, 5.74) is 0. The van der Waals surface area contributed by atoms with Crippen molar-refractivity contribution in [3.63, 3.8) is 0 Å². The maximum absolute atomic E-state index is 11.9. The Morgan fingerprint density at radius 1 is 1.44 bits per heavy atom. The van der Waals surface area contributed by atoms with E-state index in [2.05, 4.69) is 10.2 Å². The molecule has 2 atom stereocenters. The number of nitrogens with one attached hydrogen (secondary N) is 1. The number of methoxy groups -OCH3 is 1. The van der Waals surface area contributed by atoms with Crippen LogP contribution < -0.4 is 5.32 Å². The van der Waals surface area contributed by atoms with E-state index in [1.807, 2.05) is 13.8 Å². The summed E-state index contributed by atoms with van der Waals surface area (Å²) in [7, 11) is 1.41. The maximum Gasteiger partial charge on any atom is 0.307 e. The van der Waals surface area contributed by atoms with Crippen molar-refractivity contribution in [3.8, 4) is 0 Å². The molecule has 1 fully saturated rings. The minimum Gasteiger partial charge on any atom is -0.469 e. The monoisotopic (exact) mass is 256 g/mol. The van der Waals surface area contributed by atoms with Crippen molar-refractivity contribution < 1.29 is 14.3 Å². The molecule has 0 saturated carbocycles. The molecule has 1 aliphatic heterocycles. The largest absolute Gasteiger partial charge is 0.469 e. The lowest BCUT2D eigenvalue weighted by Crippen LogP contribution is -2.52. The molecule has 1 N–H and O–H groups in total. The van der Waals surface area contributed by atoms with Gasteiger partial charge in [-0.15, -0.1) is 0 Å². The number of nitrogens with zero attached hydrogens (tertiary/aromatic N) is 1. The van der Waals surface area contributed by atoms with Gasteiger partial charge in [0.1, 0.15) is 0 Å². The number of piperidine rings is 1. The lowest BCUT2D eigenvalue weighted by Gasteiger charge is -2.38. The molecule has 18 heavy (non-hydrogen) atoms. The van der Waals surface area contributed by atoms with E-state index in [1.165, 1.54) is 7.11 Å². The predicted octanol–water partition coefficient (Wildman–Crippen LogP) is 0.929. The van der Waals surface area contributed by atoms with E-state index < -0.39 is 0 Å². The molecule has 0 aromatic rings. The summed E-state index contributed by atoms with van der Waals surface area (Å²) < 4.78 is 4.72. The molecule has 1 rings (SSSR count). The van der Waals surface area contributed by atoms with Crippen LogP contribution in [0.4, 0.5) is 0 Å². The van der Waals surface area contributed by atoms with Gasteiger partial charge in [0.15, 0.2) is 0 Å². The van der Waals surface area contributed by atoms with Crippen LogP contribution in [0.25, 0.3) is 0 Å². The summed E-state index contributed by atoms with van der Waals surface area (Å²) in [5, 5.41) is 2.83. The van der Waals surface area contributed by atoms with Gasteiger partial charge in [-0.2, -0.15) is 0 Å². The molecule has 0 aromatic heterocycles. The number of esters is 1. The van der Waals surface area contributed by atoms with Crippen LogP contribution in [-0.2, 0) is 14.3 Å². The molecule has 1 aliphatic rings. The Kier molecular flexibility index (Phi) is 6.12. The van der Waals surface area contributed by atoms with Gasteiger partial charge in [-0.25, -0.2) is 0 Å². The van der Waals surface area contributed by atoms with Crippen molar-refractivity contribution in [3.05, 3.63) is 0 Å². The molecule has 0 radical (unpaired) electrons. The number of carbonyl (C=O) groups excluding carboxylic acids is 2. The average molecular weight is 256 g/mol. The third kappa shape index (κ3) is 3.98. The summed E-state index contributed by atoms with van der Waals surface area (Å²) >= 11 is 0. The standard InChI is InChI=1S/C13H24N2O3/c1-4-14-13(17)10(2)15-8-6-5-7-11(15)9-12(16)18-3/h10-11H,4-9H2,1-3H3,(H,14,17). The first-order chi connectivity index (χ1) is 8.60. The first-order valence-electron chi connectivity index (χ1n) is 6.70. The smallest absolute Gasteiger partial charge is 0.307 e. The van der Waals surface area contributed by atoms with Gasteiger partial charge < -0.3 is 10.1 Å². The number of hydrogen-bond donors (Lipinski definition) is 1. The molecule has 5 heteroatoms. The molecule has 0 spiro atoms. The topological polar surface area (TPSA) is 58.6 Å². The van der Waals surface area contributed by atoms with Gasteiger partial charge in [0.05, 0.1) is 19.6 Å².